The molecule has 294 valence electrons. The molecule has 2 aromatic heterocycles. The molecule has 0 aliphatic carbocycles. The van der Waals surface area contributed by atoms with E-state index in [-0.39, 0.29) is 66.6 Å². The van der Waals surface area contributed by atoms with Crippen molar-refractivity contribution >= 4 is 49.1 Å². The number of likely N-dealkylation sites (tertiary alicyclic amines) is 1. The molecule has 5 heterocycles. The standard InChI is InChI=1S/C37H37F8N7O2S/c1-4-26(53)52-16-20(11-18(52)3)51(5-2)33-22-12-24(36(40,41)42)28(21-7-8-25(39)31-27(21)23(14-46)32(47)55-31)29(37(43,44)45)30(22)48-34(49-33)54-17-35-9-6-10-50(35)15-19(38)13-35/h7-8,12,18-20H,4-6,9-11,13,15-17,47H2,1-3H3. The van der Waals surface area contributed by atoms with Crippen molar-refractivity contribution in [2.45, 2.75) is 89.0 Å². The van der Waals surface area contributed by atoms with Gasteiger partial charge in [-0.25, -0.2) is 8.78 Å². The number of hydrogen-bond donors (Lipinski definition) is 1. The van der Waals surface area contributed by atoms with E-state index in [0.717, 1.165) is 18.6 Å². The molecule has 4 aromatic rings. The van der Waals surface area contributed by atoms with Crippen LogP contribution in [0.25, 0.3) is 32.1 Å². The van der Waals surface area contributed by atoms with Crippen LogP contribution >= 0.6 is 11.3 Å². The monoisotopic (exact) mass is 795 g/mol. The molecule has 0 saturated carbocycles. The summed E-state index contributed by atoms with van der Waals surface area (Å²) in [6.07, 6.45) is -10.1. The van der Waals surface area contributed by atoms with Crippen molar-refractivity contribution < 1.29 is 44.7 Å². The van der Waals surface area contributed by atoms with E-state index in [1.54, 1.807) is 29.7 Å². The van der Waals surface area contributed by atoms with Crippen molar-refractivity contribution in [3.63, 3.8) is 0 Å². The Morgan fingerprint density at radius 1 is 1.16 bits per heavy atom. The number of thiophene rings is 1. The Labute approximate surface area is 314 Å². The molecule has 0 bridgehead atoms. The Kier molecular flexibility index (Phi) is 9.80. The van der Waals surface area contributed by atoms with E-state index in [9.17, 15) is 14.4 Å². The molecule has 0 spiro atoms. The molecule has 3 saturated heterocycles. The van der Waals surface area contributed by atoms with Gasteiger partial charge in [-0.3, -0.25) is 9.69 Å². The molecule has 3 fully saturated rings. The van der Waals surface area contributed by atoms with Gasteiger partial charge in [0.05, 0.1) is 32.4 Å². The van der Waals surface area contributed by atoms with Gasteiger partial charge in [0.25, 0.3) is 0 Å². The quantitative estimate of drug-likeness (QED) is 0.177. The minimum atomic E-state index is -5.51. The van der Waals surface area contributed by atoms with Crippen molar-refractivity contribution in [3.05, 3.63) is 40.7 Å². The second-order valence-corrected chi connectivity index (χ2v) is 15.5. The fraction of sp³-hybridized carbons (Fsp3) is 0.514. The average molecular weight is 796 g/mol. The van der Waals surface area contributed by atoms with Crippen LogP contribution < -0.4 is 15.4 Å². The SMILES string of the molecule is CCC(=O)N1CC(N(CC)c2nc(OCC34CCCN3CC(F)C4)nc3c(C(F)(F)F)c(-c4ccc(F)c5sc(N)c(C#N)c45)c(C(F)(F)F)cc23)CC1C. The third-order valence-electron chi connectivity index (χ3n) is 11.2. The van der Waals surface area contributed by atoms with E-state index in [0.29, 0.717) is 36.8 Å². The lowest BCUT2D eigenvalue weighted by Crippen LogP contribution is -2.43. The highest BCUT2D eigenvalue weighted by Gasteiger charge is 2.50. The van der Waals surface area contributed by atoms with Crippen LogP contribution in [0.1, 0.15) is 69.6 Å². The van der Waals surface area contributed by atoms with Gasteiger partial charge in [-0.1, -0.05) is 13.0 Å². The summed E-state index contributed by atoms with van der Waals surface area (Å²) < 4.78 is 128. The number of nitriles is 1. The molecule has 3 aliphatic heterocycles. The number of carbonyl (C=O) groups is 1. The van der Waals surface area contributed by atoms with Crippen molar-refractivity contribution in [1.29, 1.82) is 5.26 Å². The zero-order chi connectivity index (χ0) is 39.8. The van der Waals surface area contributed by atoms with E-state index < -0.39 is 86.0 Å². The number of anilines is 2. The van der Waals surface area contributed by atoms with Crippen LogP contribution in [-0.2, 0) is 17.1 Å². The zero-order valence-corrected chi connectivity index (χ0v) is 30.9. The van der Waals surface area contributed by atoms with Crippen LogP contribution in [0.5, 0.6) is 6.01 Å². The molecule has 7 rings (SSSR count). The topological polar surface area (TPSA) is 112 Å². The summed E-state index contributed by atoms with van der Waals surface area (Å²) in [6, 6.07) is 2.36. The number of benzene rings is 2. The van der Waals surface area contributed by atoms with Gasteiger partial charge in [0, 0.05) is 60.9 Å². The van der Waals surface area contributed by atoms with Crippen LogP contribution in [0.3, 0.4) is 0 Å². The van der Waals surface area contributed by atoms with E-state index in [1.807, 2.05) is 11.8 Å². The molecule has 2 N–H and O–H groups in total. The summed E-state index contributed by atoms with van der Waals surface area (Å²) in [5.41, 5.74) is -1.81. The number of hydrogen-bond acceptors (Lipinski definition) is 9. The number of ether oxygens (including phenoxy) is 1. The first-order valence-electron chi connectivity index (χ1n) is 17.9. The highest BCUT2D eigenvalue weighted by Crippen LogP contribution is 2.52. The van der Waals surface area contributed by atoms with Crippen molar-refractivity contribution in [2.24, 2.45) is 0 Å². The molecule has 1 amide bonds. The highest BCUT2D eigenvalue weighted by molar-refractivity contribution is 7.23. The Bertz CT molecular complexity index is 2220. The number of carbonyl (C=O) groups excluding carboxylic acids is 1. The molecule has 4 atom stereocenters. The minimum absolute atomic E-state index is 0.0705. The Balaban J connectivity index is 1.53. The van der Waals surface area contributed by atoms with Gasteiger partial charge in [0.2, 0.25) is 5.91 Å². The summed E-state index contributed by atoms with van der Waals surface area (Å²) in [6.45, 7) is 5.95. The van der Waals surface area contributed by atoms with E-state index in [2.05, 4.69) is 9.97 Å². The Morgan fingerprint density at radius 2 is 1.91 bits per heavy atom. The predicted octanol–water partition coefficient (Wildman–Crippen LogP) is 8.32. The van der Waals surface area contributed by atoms with Gasteiger partial charge in [-0.05, 0) is 57.4 Å². The lowest BCUT2D eigenvalue weighted by Gasteiger charge is -2.32. The first-order valence-corrected chi connectivity index (χ1v) is 18.8. The number of nitrogen functional groups attached to an aromatic ring is 1. The van der Waals surface area contributed by atoms with Crippen LogP contribution in [0.15, 0.2) is 18.2 Å². The molecule has 9 nitrogen and oxygen atoms in total. The van der Waals surface area contributed by atoms with Crippen LogP contribution in [0.4, 0.5) is 45.9 Å². The Hall–Kier alpha value is -4.50. The predicted molar refractivity (Wildman–Crippen MR) is 191 cm³/mol. The number of fused-ring (bicyclic) bond motifs is 3. The first-order chi connectivity index (χ1) is 25.9. The largest absolute Gasteiger partial charge is 0.461 e. The van der Waals surface area contributed by atoms with Gasteiger partial charge in [0.1, 0.15) is 35.5 Å². The molecular weight excluding hydrogens is 759 g/mol. The van der Waals surface area contributed by atoms with Gasteiger partial charge in [-0.15, -0.1) is 11.3 Å². The molecular formula is C37H37F8N7O2S. The van der Waals surface area contributed by atoms with Gasteiger partial charge >= 0.3 is 18.4 Å². The summed E-state index contributed by atoms with van der Waals surface area (Å²) in [7, 11) is 0. The molecule has 2 aromatic carbocycles. The van der Waals surface area contributed by atoms with Crippen LogP contribution in [0.2, 0.25) is 0 Å². The lowest BCUT2D eigenvalue weighted by molar-refractivity contribution is -0.141. The second kappa shape index (κ2) is 13.9. The van der Waals surface area contributed by atoms with E-state index in [4.69, 9.17) is 10.5 Å². The van der Waals surface area contributed by atoms with Crippen LogP contribution in [-0.4, -0.2) is 82.3 Å². The second-order valence-electron chi connectivity index (χ2n) is 14.4. The smallest absolute Gasteiger partial charge is 0.419 e. The maximum absolute atomic E-state index is 15.7. The first kappa shape index (κ1) is 38.8. The average Bonchev–Trinajstić information content (AvgIpc) is 3.86. The zero-order valence-electron chi connectivity index (χ0n) is 30.0. The van der Waals surface area contributed by atoms with Crippen molar-refractivity contribution in [2.75, 3.05) is 43.4 Å². The minimum Gasteiger partial charge on any atom is -0.461 e. The fourth-order valence-corrected chi connectivity index (χ4v) is 9.76. The number of alkyl halides is 7. The van der Waals surface area contributed by atoms with E-state index in [1.165, 1.54) is 0 Å². The number of nitrogens with zero attached hydrogens (tertiary/aromatic N) is 6. The molecule has 18 heteroatoms. The molecule has 3 aliphatic rings. The normalized spacial score (nSPS) is 23.2. The number of amides is 1. The third kappa shape index (κ3) is 6.56. The molecule has 55 heavy (non-hydrogen) atoms. The fourth-order valence-electron chi connectivity index (χ4n) is 8.81. The maximum atomic E-state index is 15.7. The molecule has 4 unspecified atom stereocenters. The van der Waals surface area contributed by atoms with E-state index >= 15 is 30.7 Å². The summed E-state index contributed by atoms with van der Waals surface area (Å²) in [5, 5.41) is 8.53. The highest BCUT2D eigenvalue weighted by atomic mass is 32.1. The maximum Gasteiger partial charge on any atom is 0.419 e. The van der Waals surface area contributed by atoms with Gasteiger partial charge < -0.3 is 20.3 Å². The van der Waals surface area contributed by atoms with Gasteiger partial charge in [-0.2, -0.15) is 41.6 Å². The van der Waals surface area contributed by atoms with Crippen molar-refractivity contribution in [3.8, 4) is 23.2 Å². The Morgan fingerprint density at radius 3 is 2.56 bits per heavy atom. The number of nitrogens with two attached hydrogens (primary N) is 1. The number of aromatic nitrogens is 2. The summed E-state index contributed by atoms with van der Waals surface area (Å²) >= 11 is 0.531. The summed E-state index contributed by atoms with van der Waals surface area (Å²) in [4.78, 5) is 26.6. The van der Waals surface area contributed by atoms with Crippen LogP contribution in [0, 0.1) is 17.1 Å². The van der Waals surface area contributed by atoms with Gasteiger partial charge in [0.15, 0.2) is 0 Å². The molecule has 0 radical (unpaired) electrons. The summed E-state index contributed by atoms with van der Waals surface area (Å²) in [5.74, 6) is -1.42. The number of halogens is 8. The van der Waals surface area contributed by atoms with Crippen molar-refractivity contribution in [1.82, 2.24) is 19.8 Å². The lowest BCUT2D eigenvalue weighted by atomic mass is 9.88. The number of likely N-dealkylation sites (N-methyl/N-ethyl adjacent to an activating group) is 1. The third-order valence-corrected chi connectivity index (χ3v) is 12.2. The number of rotatable bonds is 8.